The maximum Gasteiger partial charge on any atom is 0.0995 e. The van der Waals surface area contributed by atoms with Crippen LogP contribution in [0.15, 0.2) is 0 Å². The van der Waals surface area contributed by atoms with Crippen LogP contribution in [-0.4, -0.2) is 42.0 Å². The monoisotopic (exact) mass is 159 g/mol. The Hall–Kier alpha value is -0.120. The lowest BCUT2D eigenvalue weighted by Gasteiger charge is -2.33. The smallest absolute Gasteiger partial charge is 0.0995 e. The topological polar surface area (TPSA) is 32.7 Å². The molecule has 0 unspecified atom stereocenters. The number of ether oxygens (including phenoxy) is 1. The fourth-order valence-electron chi connectivity index (χ4n) is 1.32. The maximum absolute atomic E-state index is 8.79. The number of nitrogens with zero attached hydrogens (tertiary/aromatic N) is 1. The van der Waals surface area contributed by atoms with Crippen LogP contribution in [0, 0.1) is 0 Å². The van der Waals surface area contributed by atoms with Crippen molar-refractivity contribution in [3.8, 4) is 0 Å². The number of aliphatic hydroxyl groups is 1. The third-order valence-corrected chi connectivity index (χ3v) is 2.33. The van der Waals surface area contributed by atoms with Gasteiger partial charge in [-0.1, -0.05) is 0 Å². The Kier molecular flexibility index (Phi) is 2.87. The van der Waals surface area contributed by atoms with Gasteiger partial charge in [0.2, 0.25) is 0 Å². The molecule has 0 saturated carbocycles. The molecule has 1 aliphatic rings. The second kappa shape index (κ2) is 3.52. The molecule has 3 nitrogen and oxygen atoms in total. The minimum atomic E-state index is 0.0885. The molecule has 3 heteroatoms. The van der Waals surface area contributed by atoms with E-state index in [1.807, 2.05) is 0 Å². The zero-order valence-corrected chi connectivity index (χ0v) is 7.34. The first-order chi connectivity index (χ1) is 5.17. The molecule has 0 aliphatic carbocycles. The van der Waals surface area contributed by atoms with Gasteiger partial charge in [-0.3, -0.25) is 4.90 Å². The van der Waals surface area contributed by atoms with E-state index in [-0.39, 0.29) is 12.1 Å². The second-order valence-corrected chi connectivity index (χ2v) is 3.59. The van der Waals surface area contributed by atoms with Gasteiger partial charge in [-0.15, -0.1) is 0 Å². The molecule has 1 rings (SSSR count). The molecule has 0 aromatic heterocycles. The molecule has 1 fully saturated rings. The van der Waals surface area contributed by atoms with Crippen LogP contribution in [0.3, 0.4) is 0 Å². The normalized spacial score (nSPS) is 21.0. The van der Waals surface area contributed by atoms with Gasteiger partial charge in [0, 0.05) is 18.7 Å². The lowest BCUT2D eigenvalue weighted by Crippen LogP contribution is -2.42. The third kappa shape index (κ3) is 2.15. The lowest BCUT2D eigenvalue weighted by molar-refractivity contribution is 0.0586. The highest BCUT2D eigenvalue weighted by atomic mass is 16.5. The van der Waals surface area contributed by atoms with Crippen LogP contribution < -0.4 is 0 Å². The quantitative estimate of drug-likeness (QED) is 0.648. The molecule has 0 aromatic carbocycles. The second-order valence-electron chi connectivity index (χ2n) is 3.59. The molecule has 0 amide bonds. The summed E-state index contributed by atoms with van der Waals surface area (Å²) < 4.78 is 5.23. The zero-order valence-electron chi connectivity index (χ0n) is 7.34. The molecule has 0 aromatic rings. The van der Waals surface area contributed by atoms with E-state index in [9.17, 15) is 0 Å². The summed E-state index contributed by atoms with van der Waals surface area (Å²) in [5, 5.41) is 8.79. The SMILES string of the molecule is CC(C)(CCO)N1CCOC1. The summed E-state index contributed by atoms with van der Waals surface area (Å²) in [7, 11) is 0. The van der Waals surface area contributed by atoms with Crippen molar-refractivity contribution in [3.05, 3.63) is 0 Å². The van der Waals surface area contributed by atoms with Gasteiger partial charge in [0.1, 0.15) is 0 Å². The van der Waals surface area contributed by atoms with Crippen LogP contribution in [0.25, 0.3) is 0 Å². The molecule has 0 spiro atoms. The maximum atomic E-state index is 8.79. The number of hydrogen-bond donors (Lipinski definition) is 1. The van der Waals surface area contributed by atoms with Crippen molar-refractivity contribution in [1.29, 1.82) is 0 Å². The van der Waals surface area contributed by atoms with Gasteiger partial charge >= 0.3 is 0 Å². The molecular formula is C8H17NO2. The molecule has 66 valence electrons. The van der Waals surface area contributed by atoms with Crippen molar-refractivity contribution >= 4 is 0 Å². The summed E-state index contributed by atoms with van der Waals surface area (Å²) in [6.07, 6.45) is 0.816. The molecule has 1 N–H and O–H groups in total. The van der Waals surface area contributed by atoms with Gasteiger partial charge in [-0.2, -0.15) is 0 Å². The highest BCUT2D eigenvalue weighted by Crippen LogP contribution is 2.20. The Morgan fingerprint density at radius 3 is 2.73 bits per heavy atom. The summed E-state index contributed by atoms with van der Waals surface area (Å²) in [6, 6.07) is 0. The Bertz CT molecular complexity index is 119. The van der Waals surface area contributed by atoms with Crippen molar-refractivity contribution in [2.45, 2.75) is 25.8 Å². The molecule has 11 heavy (non-hydrogen) atoms. The fraction of sp³-hybridized carbons (Fsp3) is 1.00. The lowest BCUT2D eigenvalue weighted by atomic mass is 9.99. The molecule has 0 radical (unpaired) electrons. The fourth-order valence-corrected chi connectivity index (χ4v) is 1.32. The van der Waals surface area contributed by atoms with Crippen molar-refractivity contribution < 1.29 is 9.84 Å². The summed E-state index contributed by atoms with van der Waals surface area (Å²) in [5.41, 5.74) is 0.0885. The molecule has 0 atom stereocenters. The van der Waals surface area contributed by atoms with E-state index >= 15 is 0 Å². The summed E-state index contributed by atoms with van der Waals surface area (Å²) in [6.45, 7) is 7.06. The highest BCUT2D eigenvalue weighted by molar-refractivity contribution is 4.81. The van der Waals surface area contributed by atoms with Gasteiger partial charge in [-0.05, 0) is 20.3 Å². The Labute approximate surface area is 68.0 Å². The van der Waals surface area contributed by atoms with Crippen LogP contribution in [0.4, 0.5) is 0 Å². The minimum Gasteiger partial charge on any atom is -0.396 e. The predicted molar refractivity (Wildman–Crippen MR) is 43.3 cm³/mol. The van der Waals surface area contributed by atoms with Crippen molar-refractivity contribution in [2.75, 3.05) is 26.5 Å². The van der Waals surface area contributed by atoms with E-state index in [1.165, 1.54) is 0 Å². The summed E-state index contributed by atoms with van der Waals surface area (Å²) in [5.74, 6) is 0. The Morgan fingerprint density at radius 1 is 1.55 bits per heavy atom. The standard InChI is InChI=1S/C8H17NO2/c1-8(2,3-5-10)9-4-6-11-7-9/h10H,3-7H2,1-2H3. The van der Waals surface area contributed by atoms with E-state index in [4.69, 9.17) is 9.84 Å². The van der Waals surface area contributed by atoms with E-state index in [2.05, 4.69) is 18.7 Å². The molecule has 0 bridgehead atoms. The first-order valence-corrected chi connectivity index (χ1v) is 4.10. The first kappa shape index (κ1) is 8.97. The van der Waals surface area contributed by atoms with E-state index in [0.29, 0.717) is 6.73 Å². The van der Waals surface area contributed by atoms with Gasteiger partial charge in [0.25, 0.3) is 0 Å². The molecule has 1 saturated heterocycles. The van der Waals surface area contributed by atoms with E-state index in [0.717, 1.165) is 19.6 Å². The van der Waals surface area contributed by atoms with Crippen molar-refractivity contribution in [1.82, 2.24) is 4.90 Å². The number of hydrogen-bond acceptors (Lipinski definition) is 3. The molecule has 1 aliphatic heterocycles. The van der Waals surface area contributed by atoms with Crippen LogP contribution in [0.5, 0.6) is 0 Å². The van der Waals surface area contributed by atoms with Crippen LogP contribution >= 0.6 is 0 Å². The average Bonchev–Trinajstić information content (AvgIpc) is 2.37. The number of aliphatic hydroxyl groups excluding tert-OH is 1. The van der Waals surface area contributed by atoms with E-state index < -0.39 is 0 Å². The summed E-state index contributed by atoms with van der Waals surface area (Å²) >= 11 is 0. The van der Waals surface area contributed by atoms with Crippen LogP contribution in [-0.2, 0) is 4.74 Å². The van der Waals surface area contributed by atoms with E-state index in [1.54, 1.807) is 0 Å². The molecule has 1 heterocycles. The minimum absolute atomic E-state index is 0.0885. The largest absolute Gasteiger partial charge is 0.396 e. The number of rotatable bonds is 3. The van der Waals surface area contributed by atoms with Crippen molar-refractivity contribution in [2.24, 2.45) is 0 Å². The molecular weight excluding hydrogens is 142 g/mol. The summed E-state index contributed by atoms with van der Waals surface area (Å²) in [4.78, 5) is 2.25. The zero-order chi connectivity index (χ0) is 8.32. The predicted octanol–water partition coefficient (Wildman–Crippen LogP) is 0.437. The first-order valence-electron chi connectivity index (χ1n) is 4.10. The average molecular weight is 159 g/mol. The highest BCUT2D eigenvalue weighted by Gasteiger charge is 2.28. The van der Waals surface area contributed by atoms with Crippen molar-refractivity contribution in [3.63, 3.8) is 0 Å². The van der Waals surface area contributed by atoms with Crippen LogP contribution in [0.1, 0.15) is 20.3 Å². The third-order valence-electron chi connectivity index (χ3n) is 2.33. The van der Waals surface area contributed by atoms with Gasteiger partial charge < -0.3 is 9.84 Å². The van der Waals surface area contributed by atoms with Crippen LogP contribution in [0.2, 0.25) is 0 Å². The van der Waals surface area contributed by atoms with Gasteiger partial charge in [0.05, 0.1) is 13.3 Å². The Morgan fingerprint density at radius 2 is 2.27 bits per heavy atom. The Balaban J connectivity index is 2.41. The van der Waals surface area contributed by atoms with Gasteiger partial charge in [0.15, 0.2) is 0 Å². The van der Waals surface area contributed by atoms with Gasteiger partial charge in [-0.25, -0.2) is 0 Å².